The lowest BCUT2D eigenvalue weighted by molar-refractivity contribution is -0.119. The normalized spacial score (nSPS) is 13.8. The summed E-state index contributed by atoms with van der Waals surface area (Å²) in [6, 6.07) is 19.4. The van der Waals surface area contributed by atoms with Crippen LogP contribution >= 0.6 is 23.4 Å². The molecule has 0 saturated heterocycles. The summed E-state index contributed by atoms with van der Waals surface area (Å²) in [5.74, 6) is -0.939. The van der Waals surface area contributed by atoms with Gasteiger partial charge in [-0.15, -0.1) is 0 Å². The number of halogens is 2. The molecule has 31 heavy (non-hydrogen) atoms. The molecule has 7 heteroatoms. The van der Waals surface area contributed by atoms with Gasteiger partial charge in [-0.2, -0.15) is 0 Å². The lowest BCUT2D eigenvalue weighted by atomic mass is 10.1. The van der Waals surface area contributed by atoms with Crippen LogP contribution in [0.2, 0.25) is 5.02 Å². The third-order valence-electron chi connectivity index (χ3n) is 4.61. The second kappa shape index (κ2) is 8.96. The van der Waals surface area contributed by atoms with Gasteiger partial charge < -0.3 is 4.74 Å². The molecule has 0 spiro atoms. The molecule has 1 aliphatic heterocycles. The average Bonchev–Trinajstić information content (AvgIpc) is 3.01. The summed E-state index contributed by atoms with van der Waals surface area (Å²) < 4.78 is 19.1. The van der Waals surface area contributed by atoms with Gasteiger partial charge in [-0.05, 0) is 61.0 Å². The standard InChI is InChI=1S/C24H17ClFNO3S/c1-2-30-20-6-4-3-5-19(20)27-23(28)21(15-7-11-17(26)12-8-15)22(24(27)29)31-18-13-9-16(25)10-14-18/h3-14H,2H2,1H3. The lowest BCUT2D eigenvalue weighted by Crippen LogP contribution is -2.31. The lowest BCUT2D eigenvalue weighted by Gasteiger charge is -2.18. The van der Waals surface area contributed by atoms with Gasteiger partial charge in [0, 0.05) is 9.92 Å². The van der Waals surface area contributed by atoms with Gasteiger partial charge in [0.05, 0.1) is 22.8 Å². The Kier molecular flexibility index (Phi) is 6.11. The number of rotatable bonds is 6. The number of carbonyl (C=O) groups excluding carboxylic acids is 2. The zero-order chi connectivity index (χ0) is 22.0. The number of amides is 2. The zero-order valence-electron chi connectivity index (χ0n) is 16.5. The first-order valence-electron chi connectivity index (χ1n) is 9.54. The Morgan fingerprint density at radius 2 is 1.61 bits per heavy atom. The molecule has 1 heterocycles. The number of para-hydroxylation sites is 2. The maximum atomic E-state index is 13.5. The van der Waals surface area contributed by atoms with Crippen LogP contribution in [0.25, 0.3) is 5.57 Å². The van der Waals surface area contributed by atoms with Crippen molar-refractivity contribution < 1.29 is 18.7 Å². The van der Waals surface area contributed by atoms with Gasteiger partial charge in [-0.1, -0.05) is 47.6 Å². The Morgan fingerprint density at radius 1 is 0.935 bits per heavy atom. The molecule has 1 aliphatic rings. The third kappa shape index (κ3) is 4.22. The van der Waals surface area contributed by atoms with Crippen molar-refractivity contribution in [3.8, 4) is 5.75 Å². The summed E-state index contributed by atoms with van der Waals surface area (Å²) in [5, 5.41) is 0.568. The topological polar surface area (TPSA) is 46.6 Å². The molecule has 4 rings (SSSR count). The molecule has 0 unspecified atom stereocenters. The van der Waals surface area contributed by atoms with Crippen molar-refractivity contribution in [3.05, 3.63) is 94.1 Å². The first-order chi connectivity index (χ1) is 15.0. The van der Waals surface area contributed by atoms with Gasteiger partial charge in [-0.3, -0.25) is 9.59 Å². The molecule has 0 N–H and O–H groups in total. The van der Waals surface area contributed by atoms with E-state index in [4.69, 9.17) is 16.3 Å². The van der Waals surface area contributed by atoms with Crippen LogP contribution in [0.1, 0.15) is 12.5 Å². The molecule has 4 nitrogen and oxygen atoms in total. The number of nitrogens with zero attached hydrogens (tertiary/aromatic N) is 1. The highest BCUT2D eigenvalue weighted by atomic mass is 35.5. The minimum Gasteiger partial charge on any atom is -0.492 e. The first kappa shape index (κ1) is 21.2. The van der Waals surface area contributed by atoms with Crippen molar-refractivity contribution in [1.82, 2.24) is 0 Å². The van der Waals surface area contributed by atoms with Gasteiger partial charge in [0.25, 0.3) is 11.8 Å². The van der Waals surface area contributed by atoms with Crippen LogP contribution in [0.4, 0.5) is 10.1 Å². The van der Waals surface area contributed by atoms with Crippen molar-refractivity contribution in [2.24, 2.45) is 0 Å². The number of hydrogen-bond acceptors (Lipinski definition) is 4. The fourth-order valence-electron chi connectivity index (χ4n) is 3.23. The van der Waals surface area contributed by atoms with Gasteiger partial charge in [0.2, 0.25) is 0 Å². The fraction of sp³-hybridized carbons (Fsp3) is 0.0833. The van der Waals surface area contributed by atoms with Crippen LogP contribution in [-0.2, 0) is 9.59 Å². The van der Waals surface area contributed by atoms with Gasteiger partial charge in [0.1, 0.15) is 11.6 Å². The molecular weight excluding hydrogens is 437 g/mol. The third-order valence-corrected chi connectivity index (χ3v) is 5.96. The number of ether oxygens (including phenoxy) is 1. The number of benzene rings is 3. The molecule has 0 fully saturated rings. The molecule has 0 radical (unpaired) electrons. The van der Waals surface area contributed by atoms with E-state index in [0.29, 0.717) is 28.6 Å². The summed E-state index contributed by atoms with van der Waals surface area (Å²) in [7, 11) is 0. The Morgan fingerprint density at radius 3 is 2.29 bits per heavy atom. The molecule has 0 aliphatic carbocycles. The fourth-order valence-corrected chi connectivity index (χ4v) is 4.35. The number of carbonyl (C=O) groups is 2. The van der Waals surface area contributed by atoms with Crippen molar-refractivity contribution in [2.75, 3.05) is 11.5 Å². The van der Waals surface area contributed by atoms with E-state index in [1.165, 1.54) is 36.0 Å². The van der Waals surface area contributed by atoms with E-state index in [1.807, 2.05) is 6.92 Å². The SMILES string of the molecule is CCOc1ccccc1N1C(=O)C(Sc2ccc(Cl)cc2)=C(c2ccc(F)cc2)C1=O. The van der Waals surface area contributed by atoms with E-state index in [9.17, 15) is 14.0 Å². The average molecular weight is 454 g/mol. The molecule has 0 atom stereocenters. The summed E-state index contributed by atoms with van der Waals surface area (Å²) in [6.45, 7) is 2.21. The van der Waals surface area contributed by atoms with Crippen molar-refractivity contribution in [2.45, 2.75) is 11.8 Å². The molecule has 0 bridgehead atoms. The number of anilines is 1. The maximum Gasteiger partial charge on any atom is 0.273 e. The van der Waals surface area contributed by atoms with Crippen LogP contribution in [0.5, 0.6) is 5.75 Å². The summed E-state index contributed by atoms with van der Waals surface area (Å²) in [5.41, 5.74) is 1.05. The van der Waals surface area contributed by atoms with E-state index < -0.39 is 17.6 Å². The highest BCUT2D eigenvalue weighted by Gasteiger charge is 2.41. The van der Waals surface area contributed by atoms with Crippen LogP contribution in [0.15, 0.2) is 82.6 Å². The highest BCUT2D eigenvalue weighted by molar-refractivity contribution is 8.04. The Bertz CT molecular complexity index is 1180. The molecule has 2 amide bonds. The van der Waals surface area contributed by atoms with Crippen molar-refractivity contribution in [1.29, 1.82) is 0 Å². The molecule has 3 aromatic carbocycles. The predicted octanol–water partition coefficient (Wildman–Crippen LogP) is 5.95. The van der Waals surface area contributed by atoms with Crippen molar-refractivity contribution in [3.63, 3.8) is 0 Å². The number of imide groups is 1. The smallest absolute Gasteiger partial charge is 0.273 e. The van der Waals surface area contributed by atoms with E-state index in [2.05, 4.69) is 0 Å². The molecule has 156 valence electrons. The summed E-state index contributed by atoms with van der Waals surface area (Å²) in [6.07, 6.45) is 0. The van der Waals surface area contributed by atoms with Crippen molar-refractivity contribution >= 4 is 46.4 Å². The maximum absolute atomic E-state index is 13.5. The van der Waals surface area contributed by atoms with Crippen LogP contribution in [-0.4, -0.2) is 18.4 Å². The molecular formula is C24H17ClFNO3S. The Balaban J connectivity index is 1.82. The van der Waals surface area contributed by atoms with Gasteiger partial charge in [0.15, 0.2) is 0 Å². The van der Waals surface area contributed by atoms with Gasteiger partial charge in [-0.25, -0.2) is 9.29 Å². The molecule has 0 aromatic heterocycles. The largest absolute Gasteiger partial charge is 0.492 e. The van der Waals surface area contributed by atoms with Crippen LogP contribution in [0.3, 0.4) is 0 Å². The summed E-state index contributed by atoms with van der Waals surface area (Å²) >= 11 is 7.14. The van der Waals surface area contributed by atoms with E-state index >= 15 is 0 Å². The Hall–Kier alpha value is -3.09. The molecule has 3 aromatic rings. The second-order valence-corrected chi connectivity index (χ2v) is 8.13. The van der Waals surface area contributed by atoms with Crippen LogP contribution in [0, 0.1) is 5.82 Å². The Labute approximate surface area is 188 Å². The van der Waals surface area contributed by atoms with E-state index in [-0.39, 0.29) is 10.5 Å². The number of thioether (sulfide) groups is 1. The van der Waals surface area contributed by atoms with Gasteiger partial charge >= 0.3 is 0 Å². The monoisotopic (exact) mass is 453 g/mol. The predicted molar refractivity (Wildman–Crippen MR) is 121 cm³/mol. The zero-order valence-corrected chi connectivity index (χ0v) is 18.0. The highest BCUT2D eigenvalue weighted by Crippen LogP contribution is 2.43. The minimum atomic E-state index is -0.486. The number of hydrogen-bond donors (Lipinski definition) is 0. The quantitative estimate of drug-likeness (QED) is 0.432. The summed E-state index contributed by atoms with van der Waals surface area (Å²) in [4.78, 5) is 29.1. The second-order valence-electron chi connectivity index (χ2n) is 6.61. The minimum absolute atomic E-state index is 0.219. The molecule has 0 saturated carbocycles. The van der Waals surface area contributed by atoms with E-state index in [0.717, 1.165) is 9.80 Å². The van der Waals surface area contributed by atoms with E-state index in [1.54, 1.807) is 48.5 Å². The van der Waals surface area contributed by atoms with Crippen LogP contribution < -0.4 is 9.64 Å². The first-order valence-corrected chi connectivity index (χ1v) is 10.7.